The van der Waals surface area contributed by atoms with Crippen LogP contribution in [0.15, 0.2) is 24.3 Å². The van der Waals surface area contributed by atoms with E-state index in [1.54, 1.807) is 6.07 Å². The van der Waals surface area contributed by atoms with Crippen molar-refractivity contribution in [3.8, 4) is 0 Å². The summed E-state index contributed by atoms with van der Waals surface area (Å²) in [5.74, 6) is 1.32. The van der Waals surface area contributed by atoms with Crippen molar-refractivity contribution in [2.45, 2.75) is 39.2 Å². The molecule has 3 nitrogen and oxygen atoms in total. The molecule has 1 amide bonds. The van der Waals surface area contributed by atoms with Crippen LogP contribution < -0.4 is 11.1 Å². The Labute approximate surface area is 115 Å². The number of nitrogens with one attached hydrogen (secondary N) is 1. The van der Waals surface area contributed by atoms with Gasteiger partial charge in [-0.15, -0.1) is 0 Å². The van der Waals surface area contributed by atoms with Crippen LogP contribution in [0.2, 0.25) is 0 Å². The third-order valence-corrected chi connectivity index (χ3v) is 4.02. The van der Waals surface area contributed by atoms with Gasteiger partial charge in [0.15, 0.2) is 0 Å². The SMILES string of the molecule is CC1CCCC(CNCc2cccc(C(N)=O)c2)C1. The molecule has 104 valence electrons. The van der Waals surface area contributed by atoms with Gasteiger partial charge in [0, 0.05) is 12.1 Å². The Morgan fingerprint density at radius 2 is 2.26 bits per heavy atom. The van der Waals surface area contributed by atoms with E-state index in [1.165, 1.54) is 25.7 Å². The van der Waals surface area contributed by atoms with Crippen LogP contribution >= 0.6 is 0 Å². The standard InChI is InChI=1S/C16H24N2O/c1-12-4-2-5-13(8-12)10-18-11-14-6-3-7-15(9-14)16(17)19/h3,6-7,9,12-13,18H,2,4-5,8,10-11H2,1H3,(H2,17,19). The zero-order valence-corrected chi connectivity index (χ0v) is 11.7. The predicted octanol–water partition coefficient (Wildman–Crippen LogP) is 2.70. The van der Waals surface area contributed by atoms with Crippen molar-refractivity contribution in [2.24, 2.45) is 17.6 Å². The van der Waals surface area contributed by atoms with Crippen LogP contribution in [0.1, 0.15) is 48.5 Å². The maximum atomic E-state index is 11.1. The molecule has 0 radical (unpaired) electrons. The van der Waals surface area contributed by atoms with Gasteiger partial charge in [-0.05, 0) is 48.9 Å². The van der Waals surface area contributed by atoms with Crippen molar-refractivity contribution >= 4 is 5.91 Å². The molecule has 19 heavy (non-hydrogen) atoms. The Balaban J connectivity index is 1.79. The predicted molar refractivity (Wildman–Crippen MR) is 77.8 cm³/mol. The summed E-state index contributed by atoms with van der Waals surface area (Å²) in [5, 5.41) is 3.51. The quantitative estimate of drug-likeness (QED) is 0.855. The van der Waals surface area contributed by atoms with E-state index in [4.69, 9.17) is 5.73 Å². The zero-order chi connectivity index (χ0) is 13.7. The highest BCUT2D eigenvalue weighted by Gasteiger charge is 2.18. The Bertz CT molecular complexity index is 431. The molecule has 1 aliphatic rings. The molecule has 1 aromatic carbocycles. The minimum absolute atomic E-state index is 0.358. The molecule has 3 N–H and O–H groups in total. The highest BCUT2D eigenvalue weighted by atomic mass is 16.1. The van der Waals surface area contributed by atoms with Gasteiger partial charge >= 0.3 is 0 Å². The van der Waals surface area contributed by atoms with E-state index in [2.05, 4.69) is 12.2 Å². The summed E-state index contributed by atoms with van der Waals surface area (Å²) in [5.41, 5.74) is 7.00. The lowest BCUT2D eigenvalue weighted by atomic mass is 9.82. The van der Waals surface area contributed by atoms with Gasteiger partial charge < -0.3 is 11.1 Å². The number of amides is 1. The number of nitrogens with two attached hydrogens (primary N) is 1. The molecule has 2 unspecified atom stereocenters. The Morgan fingerprint density at radius 1 is 1.42 bits per heavy atom. The maximum absolute atomic E-state index is 11.1. The van der Waals surface area contributed by atoms with Gasteiger partial charge in [0.2, 0.25) is 5.91 Å². The number of carbonyl (C=O) groups excluding carboxylic acids is 1. The number of primary amides is 1. The van der Waals surface area contributed by atoms with Crippen molar-refractivity contribution in [1.29, 1.82) is 0 Å². The molecule has 1 saturated carbocycles. The molecule has 3 heteroatoms. The summed E-state index contributed by atoms with van der Waals surface area (Å²) >= 11 is 0. The minimum Gasteiger partial charge on any atom is -0.366 e. The maximum Gasteiger partial charge on any atom is 0.248 e. The van der Waals surface area contributed by atoms with E-state index < -0.39 is 0 Å². The second-order valence-corrected chi connectivity index (χ2v) is 5.83. The van der Waals surface area contributed by atoms with Gasteiger partial charge in [0.25, 0.3) is 0 Å². The van der Waals surface area contributed by atoms with Crippen LogP contribution in [0.4, 0.5) is 0 Å². The van der Waals surface area contributed by atoms with Crippen LogP contribution in [0.5, 0.6) is 0 Å². The number of benzene rings is 1. The summed E-state index contributed by atoms with van der Waals surface area (Å²) < 4.78 is 0. The first-order valence-corrected chi connectivity index (χ1v) is 7.24. The lowest BCUT2D eigenvalue weighted by Gasteiger charge is -2.26. The van der Waals surface area contributed by atoms with Crippen LogP contribution in [0.3, 0.4) is 0 Å². The third kappa shape index (κ3) is 4.35. The molecular formula is C16H24N2O. The highest BCUT2D eigenvalue weighted by molar-refractivity contribution is 5.92. The number of rotatable bonds is 5. The van der Waals surface area contributed by atoms with Crippen LogP contribution in [-0.4, -0.2) is 12.5 Å². The third-order valence-electron chi connectivity index (χ3n) is 4.02. The fraction of sp³-hybridized carbons (Fsp3) is 0.562. The van der Waals surface area contributed by atoms with E-state index in [0.29, 0.717) is 5.56 Å². The average Bonchev–Trinajstić information content (AvgIpc) is 2.39. The van der Waals surface area contributed by atoms with Gasteiger partial charge in [-0.1, -0.05) is 31.9 Å². The molecule has 0 aliphatic heterocycles. The lowest BCUT2D eigenvalue weighted by Crippen LogP contribution is -2.26. The fourth-order valence-electron chi connectivity index (χ4n) is 3.00. The number of hydrogen-bond acceptors (Lipinski definition) is 2. The molecule has 2 rings (SSSR count). The summed E-state index contributed by atoms with van der Waals surface area (Å²) in [7, 11) is 0. The molecule has 0 aromatic heterocycles. The van der Waals surface area contributed by atoms with Crippen molar-refractivity contribution in [2.75, 3.05) is 6.54 Å². The molecular weight excluding hydrogens is 236 g/mol. The van der Waals surface area contributed by atoms with Crippen LogP contribution in [0, 0.1) is 11.8 Å². The molecule has 1 aromatic rings. The zero-order valence-electron chi connectivity index (χ0n) is 11.7. The van der Waals surface area contributed by atoms with E-state index in [1.807, 2.05) is 18.2 Å². The second-order valence-electron chi connectivity index (χ2n) is 5.83. The van der Waals surface area contributed by atoms with Crippen molar-refractivity contribution < 1.29 is 4.79 Å². The first-order valence-electron chi connectivity index (χ1n) is 7.24. The monoisotopic (exact) mass is 260 g/mol. The van der Waals surface area contributed by atoms with Gasteiger partial charge in [-0.3, -0.25) is 4.79 Å². The van der Waals surface area contributed by atoms with Crippen molar-refractivity contribution in [3.05, 3.63) is 35.4 Å². The van der Waals surface area contributed by atoms with Crippen LogP contribution in [0.25, 0.3) is 0 Å². The summed E-state index contributed by atoms with van der Waals surface area (Å²) in [4.78, 5) is 11.1. The van der Waals surface area contributed by atoms with Crippen molar-refractivity contribution in [3.63, 3.8) is 0 Å². The first kappa shape index (κ1) is 14.1. The fourth-order valence-corrected chi connectivity index (χ4v) is 3.00. The first-order chi connectivity index (χ1) is 9.15. The number of carbonyl (C=O) groups is 1. The molecule has 0 heterocycles. The van der Waals surface area contributed by atoms with Gasteiger partial charge in [-0.2, -0.15) is 0 Å². The topological polar surface area (TPSA) is 55.1 Å². The summed E-state index contributed by atoms with van der Waals surface area (Å²) in [6.07, 6.45) is 5.44. The second kappa shape index (κ2) is 6.71. The van der Waals surface area contributed by atoms with E-state index in [9.17, 15) is 4.79 Å². The molecule has 1 fully saturated rings. The highest BCUT2D eigenvalue weighted by Crippen LogP contribution is 2.27. The lowest BCUT2D eigenvalue weighted by molar-refractivity contribution is 0.1000. The van der Waals surface area contributed by atoms with E-state index in [-0.39, 0.29) is 5.91 Å². The Hall–Kier alpha value is -1.35. The van der Waals surface area contributed by atoms with Gasteiger partial charge in [0.05, 0.1) is 0 Å². The molecule has 1 aliphatic carbocycles. The molecule has 2 atom stereocenters. The average molecular weight is 260 g/mol. The Morgan fingerprint density at radius 3 is 3.00 bits per heavy atom. The van der Waals surface area contributed by atoms with Crippen LogP contribution in [-0.2, 0) is 6.54 Å². The van der Waals surface area contributed by atoms with E-state index >= 15 is 0 Å². The normalized spacial score (nSPS) is 23.2. The van der Waals surface area contributed by atoms with Gasteiger partial charge in [-0.25, -0.2) is 0 Å². The Kier molecular flexibility index (Phi) is 4.97. The summed E-state index contributed by atoms with van der Waals surface area (Å²) in [6.45, 7) is 4.24. The van der Waals surface area contributed by atoms with E-state index in [0.717, 1.165) is 30.5 Å². The number of hydrogen-bond donors (Lipinski definition) is 2. The van der Waals surface area contributed by atoms with Gasteiger partial charge in [0.1, 0.15) is 0 Å². The molecule has 0 spiro atoms. The largest absolute Gasteiger partial charge is 0.366 e. The molecule has 0 bridgehead atoms. The molecule has 0 saturated heterocycles. The van der Waals surface area contributed by atoms with Crippen molar-refractivity contribution in [1.82, 2.24) is 5.32 Å². The smallest absolute Gasteiger partial charge is 0.248 e. The summed E-state index contributed by atoms with van der Waals surface area (Å²) in [6, 6.07) is 7.55. The minimum atomic E-state index is -0.358.